The average molecular weight is 381 g/mol. The first kappa shape index (κ1) is 12.9. The molecule has 0 N–H and O–H groups in total. The van der Waals surface area contributed by atoms with E-state index in [1.54, 1.807) is 18.3 Å². The Kier molecular flexibility index (Phi) is 4.06. The monoisotopic (exact) mass is 380 g/mol. The van der Waals surface area contributed by atoms with Gasteiger partial charge in [0.25, 0.3) is 5.56 Å². The quantitative estimate of drug-likeness (QED) is 0.750. The summed E-state index contributed by atoms with van der Waals surface area (Å²) in [6.45, 7) is 0.382. The van der Waals surface area contributed by atoms with E-state index in [2.05, 4.69) is 5.10 Å². The third-order valence-electron chi connectivity index (χ3n) is 2.15. The smallest absolute Gasteiger partial charge is 0.268 e. The van der Waals surface area contributed by atoms with Crippen LogP contribution in [0.4, 0.5) is 0 Å². The molecule has 0 aliphatic rings. The highest BCUT2D eigenvalue weighted by Crippen LogP contribution is 2.22. The molecule has 0 spiro atoms. The molecule has 0 bridgehead atoms. The van der Waals surface area contributed by atoms with Crippen LogP contribution in [-0.2, 0) is 6.54 Å². The van der Waals surface area contributed by atoms with Crippen molar-refractivity contribution >= 4 is 45.8 Å². The van der Waals surface area contributed by atoms with Gasteiger partial charge in [-0.1, -0.05) is 29.3 Å². The van der Waals surface area contributed by atoms with Crippen molar-refractivity contribution in [2.45, 2.75) is 6.54 Å². The summed E-state index contributed by atoms with van der Waals surface area (Å²) in [7, 11) is 0. The molecule has 1 aromatic carbocycles. The Hall–Kier alpha value is -0.590. The maximum atomic E-state index is 11.6. The van der Waals surface area contributed by atoms with E-state index in [9.17, 15) is 4.79 Å². The van der Waals surface area contributed by atoms with Crippen molar-refractivity contribution in [2.75, 3.05) is 0 Å². The van der Waals surface area contributed by atoms with Gasteiger partial charge in [0.2, 0.25) is 0 Å². The lowest BCUT2D eigenvalue weighted by molar-refractivity contribution is 0.636. The first-order valence-corrected chi connectivity index (χ1v) is 6.56. The Balaban J connectivity index is 2.31. The van der Waals surface area contributed by atoms with Gasteiger partial charge in [0, 0.05) is 9.64 Å². The topological polar surface area (TPSA) is 34.9 Å². The van der Waals surface area contributed by atoms with Gasteiger partial charge in [-0.25, -0.2) is 4.68 Å². The maximum absolute atomic E-state index is 11.6. The van der Waals surface area contributed by atoms with Crippen molar-refractivity contribution in [1.82, 2.24) is 9.78 Å². The highest BCUT2D eigenvalue weighted by molar-refractivity contribution is 14.1. The van der Waals surface area contributed by atoms with Crippen LogP contribution in [0.1, 0.15) is 5.56 Å². The molecular weight excluding hydrogens is 374 g/mol. The summed E-state index contributed by atoms with van der Waals surface area (Å²) in [5, 5.41) is 5.02. The fourth-order valence-electron chi connectivity index (χ4n) is 1.34. The van der Waals surface area contributed by atoms with Crippen LogP contribution in [0.2, 0.25) is 10.0 Å². The van der Waals surface area contributed by atoms with Crippen molar-refractivity contribution < 1.29 is 0 Å². The number of benzene rings is 1. The lowest BCUT2D eigenvalue weighted by atomic mass is 10.2. The molecule has 2 rings (SSSR count). The van der Waals surface area contributed by atoms with Gasteiger partial charge in [-0.2, -0.15) is 5.10 Å². The highest BCUT2D eigenvalue weighted by atomic mass is 127. The minimum absolute atomic E-state index is 0.136. The second kappa shape index (κ2) is 5.37. The molecule has 0 amide bonds. The normalized spacial score (nSPS) is 10.5. The molecule has 0 saturated carbocycles. The standard InChI is InChI=1S/C11H7Cl2IN2O/c12-9-2-1-7(3-10(9)13)6-16-11(17)4-8(14)5-15-16/h1-5H,6H2. The first-order valence-electron chi connectivity index (χ1n) is 4.73. The van der Waals surface area contributed by atoms with E-state index in [1.807, 2.05) is 28.7 Å². The van der Waals surface area contributed by atoms with Gasteiger partial charge in [-0.15, -0.1) is 0 Å². The molecule has 17 heavy (non-hydrogen) atoms. The third kappa shape index (κ3) is 3.20. The molecule has 1 aromatic heterocycles. The largest absolute Gasteiger partial charge is 0.268 e. The Labute approximate surface area is 122 Å². The maximum Gasteiger partial charge on any atom is 0.268 e. The molecule has 0 aliphatic heterocycles. The van der Waals surface area contributed by atoms with Crippen LogP contribution in [0.25, 0.3) is 0 Å². The summed E-state index contributed by atoms with van der Waals surface area (Å²) in [5.41, 5.74) is 0.748. The Morgan fingerprint density at radius 2 is 2.00 bits per heavy atom. The van der Waals surface area contributed by atoms with Crippen molar-refractivity contribution in [2.24, 2.45) is 0 Å². The summed E-state index contributed by atoms with van der Waals surface area (Å²) in [4.78, 5) is 11.6. The number of nitrogens with zero attached hydrogens (tertiary/aromatic N) is 2. The van der Waals surface area contributed by atoms with Crippen LogP contribution in [0, 0.1) is 3.57 Å². The fourth-order valence-corrected chi connectivity index (χ4v) is 2.05. The van der Waals surface area contributed by atoms with Crippen molar-refractivity contribution in [3.8, 4) is 0 Å². The lowest BCUT2D eigenvalue weighted by Crippen LogP contribution is -2.22. The van der Waals surface area contributed by atoms with Gasteiger partial charge in [0.05, 0.1) is 22.8 Å². The van der Waals surface area contributed by atoms with E-state index in [4.69, 9.17) is 23.2 Å². The molecule has 3 nitrogen and oxygen atoms in total. The van der Waals surface area contributed by atoms with Crippen LogP contribution in [-0.4, -0.2) is 9.78 Å². The van der Waals surface area contributed by atoms with E-state index in [0.29, 0.717) is 16.6 Å². The summed E-state index contributed by atoms with van der Waals surface area (Å²) in [6.07, 6.45) is 1.64. The fraction of sp³-hybridized carbons (Fsp3) is 0.0909. The predicted molar refractivity (Wildman–Crippen MR) is 76.8 cm³/mol. The number of aromatic nitrogens is 2. The number of rotatable bonds is 2. The lowest BCUT2D eigenvalue weighted by Gasteiger charge is -2.05. The molecule has 0 unspecified atom stereocenters. The number of hydrogen-bond acceptors (Lipinski definition) is 2. The summed E-state index contributed by atoms with van der Waals surface area (Å²) in [5.74, 6) is 0. The SMILES string of the molecule is O=c1cc(I)cnn1Cc1ccc(Cl)c(Cl)c1. The van der Waals surface area contributed by atoms with Gasteiger partial charge in [0.1, 0.15) is 0 Å². The van der Waals surface area contributed by atoms with E-state index in [-0.39, 0.29) is 5.56 Å². The molecule has 0 atom stereocenters. The van der Waals surface area contributed by atoms with Gasteiger partial charge >= 0.3 is 0 Å². The van der Waals surface area contributed by atoms with E-state index < -0.39 is 0 Å². The zero-order chi connectivity index (χ0) is 12.4. The van der Waals surface area contributed by atoms with E-state index in [1.165, 1.54) is 10.7 Å². The minimum atomic E-state index is -0.136. The molecule has 2 aromatic rings. The van der Waals surface area contributed by atoms with Gasteiger partial charge in [0.15, 0.2) is 0 Å². The molecule has 88 valence electrons. The second-order valence-electron chi connectivity index (χ2n) is 3.42. The molecule has 1 heterocycles. The van der Waals surface area contributed by atoms with Crippen LogP contribution < -0.4 is 5.56 Å². The van der Waals surface area contributed by atoms with Crippen LogP contribution in [0.3, 0.4) is 0 Å². The third-order valence-corrected chi connectivity index (χ3v) is 3.48. The second-order valence-corrected chi connectivity index (χ2v) is 5.48. The zero-order valence-corrected chi connectivity index (χ0v) is 12.2. The van der Waals surface area contributed by atoms with Crippen LogP contribution in [0.15, 0.2) is 35.3 Å². The minimum Gasteiger partial charge on any atom is -0.268 e. The summed E-state index contributed by atoms with van der Waals surface area (Å²) < 4.78 is 2.19. The van der Waals surface area contributed by atoms with E-state index >= 15 is 0 Å². The van der Waals surface area contributed by atoms with Crippen LogP contribution >= 0.6 is 45.8 Å². The number of halogens is 3. The van der Waals surface area contributed by atoms with Gasteiger partial charge in [-0.05, 0) is 40.3 Å². The summed E-state index contributed by atoms with van der Waals surface area (Å²) in [6, 6.07) is 6.79. The predicted octanol–water partition coefficient (Wildman–Crippen LogP) is 3.20. The van der Waals surface area contributed by atoms with Crippen molar-refractivity contribution in [3.05, 3.63) is 60.0 Å². The molecule has 0 fully saturated rings. The van der Waals surface area contributed by atoms with Gasteiger partial charge in [-0.3, -0.25) is 4.79 Å². The van der Waals surface area contributed by atoms with Crippen molar-refractivity contribution in [1.29, 1.82) is 0 Å². The Morgan fingerprint density at radius 1 is 1.24 bits per heavy atom. The molecule has 0 aliphatic carbocycles. The Bertz CT molecular complexity index is 613. The van der Waals surface area contributed by atoms with E-state index in [0.717, 1.165) is 9.13 Å². The molecule has 0 saturated heterocycles. The molecular formula is C11H7Cl2IN2O. The zero-order valence-electron chi connectivity index (χ0n) is 8.53. The Morgan fingerprint density at radius 3 is 2.65 bits per heavy atom. The summed E-state index contributed by atoms with van der Waals surface area (Å²) >= 11 is 13.8. The number of hydrogen-bond donors (Lipinski definition) is 0. The average Bonchev–Trinajstić information content (AvgIpc) is 2.27. The van der Waals surface area contributed by atoms with Gasteiger partial charge < -0.3 is 0 Å². The van der Waals surface area contributed by atoms with Crippen LogP contribution in [0.5, 0.6) is 0 Å². The highest BCUT2D eigenvalue weighted by Gasteiger charge is 2.03. The first-order chi connectivity index (χ1) is 8.06. The molecule has 0 radical (unpaired) electrons. The van der Waals surface area contributed by atoms with Crippen molar-refractivity contribution in [3.63, 3.8) is 0 Å². The molecule has 6 heteroatoms.